The van der Waals surface area contributed by atoms with Crippen molar-refractivity contribution in [3.63, 3.8) is 0 Å². The van der Waals surface area contributed by atoms with Gasteiger partial charge in [0.1, 0.15) is 0 Å². The van der Waals surface area contributed by atoms with E-state index >= 15 is 0 Å². The lowest BCUT2D eigenvalue weighted by molar-refractivity contribution is 0.602. The Morgan fingerprint density at radius 3 is 2.52 bits per heavy atom. The molecule has 0 saturated heterocycles. The van der Waals surface area contributed by atoms with Gasteiger partial charge in [0.05, 0.1) is 10.6 Å². The highest BCUT2D eigenvalue weighted by Gasteiger charge is 2.19. The van der Waals surface area contributed by atoms with Crippen LogP contribution in [-0.4, -0.2) is 42.2 Å². The fourth-order valence-corrected chi connectivity index (χ4v) is 5.13. The van der Waals surface area contributed by atoms with Gasteiger partial charge in [-0.15, -0.1) is 11.8 Å². The van der Waals surface area contributed by atoms with E-state index in [9.17, 15) is 8.42 Å². The number of hydrogen-bond acceptors (Lipinski definition) is 6. The van der Waals surface area contributed by atoms with Crippen LogP contribution in [0.15, 0.2) is 76.0 Å². The number of anilines is 2. The second-order valence-electron chi connectivity index (χ2n) is 7.03. The largest absolute Gasteiger partial charge is 0.377 e. The minimum Gasteiger partial charge on any atom is -0.377 e. The molecule has 6 nitrogen and oxygen atoms in total. The summed E-state index contributed by atoms with van der Waals surface area (Å²) in [5, 5.41) is 6.50. The molecule has 0 bridgehead atoms. The van der Waals surface area contributed by atoms with Crippen LogP contribution in [0.1, 0.15) is 5.56 Å². The van der Waals surface area contributed by atoms with Crippen molar-refractivity contribution in [3.8, 4) is 0 Å². The molecule has 0 saturated carbocycles. The Bertz CT molecular complexity index is 1220. The molecule has 0 unspecified atom stereocenters. The number of rotatable bonds is 9. The summed E-state index contributed by atoms with van der Waals surface area (Å²) < 4.78 is 29.3. The maximum atomic E-state index is 13.3. The molecular formula is C23H26N4O2S2. The molecule has 3 aromatic rings. The Morgan fingerprint density at radius 1 is 1.10 bits per heavy atom. The van der Waals surface area contributed by atoms with E-state index in [2.05, 4.69) is 21.7 Å². The van der Waals surface area contributed by atoms with Crippen LogP contribution in [0.2, 0.25) is 0 Å². The van der Waals surface area contributed by atoms with Gasteiger partial charge in [0.25, 0.3) is 10.0 Å². The Labute approximate surface area is 188 Å². The van der Waals surface area contributed by atoms with Crippen LogP contribution >= 0.6 is 11.8 Å². The summed E-state index contributed by atoms with van der Waals surface area (Å²) in [5.41, 5.74) is 2.89. The van der Waals surface area contributed by atoms with Gasteiger partial charge in [0.15, 0.2) is 0 Å². The van der Waals surface area contributed by atoms with Crippen molar-refractivity contribution in [1.82, 2.24) is 5.32 Å². The molecule has 0 aliphatic carbocycles. The second kappa shape index (κ2) is 10.00. The highest BCUT2D eigenvalue weighted by atomic mass is 32.2. The third-order valence-corrected chi connectivity index (χ3v) is 6.92. The van der Waals surface area contributed by atoms with E-state index in [-0.39, 0.29) is 4.90 Å². The number of sulfonamides is 1. The Morgan fingerprint density at radius 2 is 1.81 bits per heavy atom. The lowest BCUT2D eigenvalue weighted by atomic mass is 10.1. The first-order valence-electron chi connectivity index (χ1n) is 9.63. The quantitative estimate of drug-likeness (QED) is 0.280. The van der Waals surface area contributed by atoms with Gasteiger partial charge in [-0.25, -0.2) is 8.42 Å². The zero-order valence-electron chi connectivity index (χ0n) is 17.8. The number of hydrogen-bond donors (Lipinski definition) is 2. The third-order valence-electron chi connectivity index (χ3n) is 4.63. The number of aliphatic imine (C=N–C) groups is 1. The predicted octanol–water partition coefficient (Wildman–Crippen LogP) is 4.62. The fraction of sp³-hybridized carbons (Fsp3) is 0.174. The van der Waals surface area contributed by atoms with Crippen LogP contribution in [0.25, 0.3) is 16.5 Å². The molecule has 0 atom stereocenters. The van der Waals surface area contributed by atoms with Gasteiger partial charge in [-0.1, -0.05) is 36.4 Å². The zero-order valence-corrected chi connectivity index (χ0v) is 19.4. The van der Waals surface area contributed by atoms with E-state index in [1.165, 1.54) is 0 Å². The molecule has 0 aliphatic heterocycles. The highest BCUT2D eigenvalue weighted by molar-refractivity contribution is 8.02. The molecule has 0 fully saturated rings. The van der Waals surface area contributed by atoms with Gasteiger partial charge >= 0.3 is 0 Å². The number of nitrogens with one attached hydrogen (secondary N) is 2. The third kappa shape index (κ3) is 5.28. The lowest BCUT2D eigenvalue weighted by Crippen LogP contribution is -2.14. The Hall–Kier alpha value is -2.81. The maximum absolute atomic E-state index is 13.3. The average Bonchev–Trinajstić information content (AvgIpc) is 2.75. The molecule has 0 amide bonds. The predicted molar refractivity (Wildman–Crippen MR) is 135 cm³/mol. The van der Waals surface area contributed by atoms with Crippen molar-refractivity contribution in [1.29, 1.82) is 0 Å². The van der Waals surface area contributed by atoms with E-state index in [0.29, 0.717) is 16.8 Å². The summed E-state index contributed by atoms with van der Waals surface area (Å²) >= 11 is 1.55. The van der Waals surface area contributed by atoms with Crippen molar-refractivity contribution < 1.29 is 8.42 Å². The van der Waals surface area contributed by atoms with Crippen LogP contribution in [0.5, 0.6) is 0 Å². The first-order chi connectivity index (χ1) is 14.9. The van der Waals surface area contributed by atoms with Crippen LogP contribution in [0.4, 0.5) is 11.4 Å². The Kier molecular flexibility index (Phi) is 7.37. The standard InChI is InChI=1S/C23H26N4O2S2/c1-24-16-30-15-21(25-2)17-8-5-9-18(14-17)26-31(28,29)23-13-7-10-19-20(23)11-6-12-22(19)27(3)4/h5-15,24,26H,2,16H2,1,3-4H3/b21-15-. The van der Waals surface area contributed by atoms with Crippen LogP contribution in [-0.2, 0) is 10.0 Å². The molecule has 0 heterocycles. The first kappa shape index (κ1) is 22.9. The molecule has 2 N–H and O–H groups in total. The van der Waals surface area contributed by atoms with E-state index in [1.807, 2.05) is 61.8 Å². The zero-order chi connectivity index (χ0) is 22.4. The minimum absolute atomic E-state index is 0.237. The maximum Gasteiger partial charge on any atom is 0.262 e. The molecule has 0 radical (unpaired) electrons. The molecule has 162 valence electrons. The van der Waals surface area contributed by atoms with Crippen LogP contribution in [0.3, 0.4) is 0 Å². The summed E-state index contributed by atoms with van der Waals surface area (Å²) in [4.78, 5) is 6.28. The van der Waals surface area contributed by atoms with Gasteiger partial charge in [-0.05, 0) is 43.4 Å². The summed E-state index contributed by atoms with van der Waals surface area (Å²) in [6.07, 6.45) is 0. The fourth-order valence-electron chi connectivity index (χ4n) is 3.24. The number of fused-ring (bicyclic) bond motifs is 1. The number of benzene rings is 3. The molecule has 0 aromatic heterocycles. The monoisotopic (exact) mass is 454 g/mol. The summed E-state index contributed by atoms with van der Waals surface area (Å²) in [6, 6.07) is 18.1. The Balaban J connectivity index is 1.98. The molecule has 0 spiro atoms. The summed E-state index contributed by atoms with van der Waals surface area (Å²) in [6.45, 7) is 3.63. The molecule has 8 heteroatoms. The first-order valence-corrected chi connectivity index (χ1v) is 12.2. The van der Waals surface area contributed by atoms with E-state index in [0.717, 1.165) is 22.5 Å². The van der Waals surface area contributed by atoms with Gasteiger partial charge in [0, 0.05) is 47.7 Å². The van der Waals surface area contributed by atoms with Crippen molar-refractivity contribution >= 4 is 56.3 Å². The summed E-state index contributed by atoms with van der Waals surface area (Å²) in [5.74, 6) is 0.737. The van der Waals surface area contributed by atoms with Gasteiger partial charge in [-0.3, -0.25) is 9.71 Å². The van der Waals surface area contributed by atoms with Gasteiger partial charge in [-0.2, -0.15) is 0 Å². The van der Waals surface area contributed by atoms with E-state index < -0.39 is 10.0 Å². The molecule has 3 aromatic carbocycles. The van der Waals surface area contributed by atoms with Crippen LogP contribution in [0, 0.1) is 0 Å². The van der Waals surface area contributed by atoms with E-state index in [1.54, 1.807) is 42.1 Å². The van der Waals surface area contributed by atoms with E-state index in [4.69, 9.17) is 0 Å². The topological polar surface area (TPSA) is 73.8 Å². The molecule has 3 rings (SSSR count). The minimum atomic E-state index is -3.80. The highest BCUT2D eigenvalue weighted by Crippen LogP contribution is 2.31. The van der Waals surface area contributed by atoms with Crippen molar-refractivity contribution in [2.45, 2.75) is 4.90 Å². The van der Waals surface area contributed by atoms with Gasteiger partial charge < -0.3 is 10.2 Å². The van der Waals surface area contributed by atoms with Crippen molar-refractivity contribution in [3.05, 3.63) is 71.6 Å². The number of thioether (sulfide) groups is 1. The normalized spacial score (nSPS) is 12.0. The van der Waals surface area contributed by atoms with Crippen LogP contribution < -0.4 is 14.9 Å². The van der Waals surface area contributed by atoms with Crippen molar-refractivity contribution in [2.24, 2.45) is 4.99 Å². The molecule has 0 aliphatic rings. The van der Waals surface area contributed by atoms with Crippen molar-refractivity contribution in [2.75, 3.05) is 36.6 Å². The molecular weight excluding hydrogens is 428 g/mol. The van der Waals surface area contributed by atoms with Gasteiger partial charge in [0.2, 0.25) is 0 Å². The summed E-state index contributed by atoms with van der Waals surface area (Å²) in [7, 11) is 1.94. The smallest absolute Gasteiger partial charge is 0.262 e. The molecule has 31 heavy (non-hydrogen) atoms. The number of nitrogens with zero attached hydrogens (tertiary/aromatic N) is 2. The SMILES string of the molecule is C=N/C(=C\SCNC)c1cccc(NS(=O)(=O)c2cccc3c(N(C)C)cccc23)c1. The lowest BCUT2D eigenvalue weighted by Gasteiger charge is -2.17. The second-order valence-corrected chi connectivity index (χ2v) is 9.54. The average molecular weight is 455 g/mol.